The molecule has 2 aromatic heterocycles. The number of nitrogens with one attached hydrogen (secondary N) is 1. The zero-order valence-corrected chi connectivity index (χ0v) is 26.3. The van der Waals surface area contributed by atoms with Crippen molar-refractivity contribution < 1.29 is 18.4 Å². The highest BCUT2D eigenvalue weighted by Gasteiger charge is 2.57. The van der Waals surface area contributed by atoms with Crippen molar-refractivity contribution in [2.45, 2.75) is 74.8 Å². The van der Waals surface area contributed by atoms with Crippen molar-refractivity contribution in [1.82, 2.24) is 19.8 Å². The summed E-state index contributed by atoms with van der Waals surface area (Å²) < 4.78 is 29.6. The molecule has 0 radical (unpaired) electrons. The number of halogens is 3. The number of anilines is 1. The number of piperazine rings is 1. The van der Waals surface area contributed by atoms with Gasteiger partial charge in [-0.3, -0.25) is 19.5 Å². The van der Waals surface area contributed by atoms with Gasteiger partial charge in [-0.1, -0.05) is 47.6 Å². The predicted molar refractivity (Wildman–Crippen MR) is 167 cm³/mol. The Balaban J connectivity index is 1.13. The molecule has 2 amide bonds. The molecule has 1 saturated carbocycles. The second-order valence-corrected chi connectivity index (χ2v) is 13.5. The minimum Gasteiger partial charge on any atom is -0.330 e. The average molecular weight is 698 g/mol. The molecule has 4 heterocycles. The average Bonchev–Trinajstić information content (AvgIpc) is 3.69. The van der Waals surface area contributed by atoms with Crippen LogP contribution in [0.1, 0.15) is 67.0 Å². The molecule has 7 nitrogen and oxygen atoms in total. The van der Waals surface area contributed by atoms with Crippen LogP contribution in [0.3, 0.4) is 0 Å². The predicted octanol–water partition coefficient (Wildman–Crippen LogP) is 5.44. The van der Waals surface area contributed by atoms with Crippen LogP contribution < -0.4 is 5.32 Å². The van der Waals surface area contributed by atoms with Gasteiger partial charge in [-0.15, -0.1) is 0 Å². The molecule has 2 spiro atoms. The molecule has 3 aromatic rings. The quantitative estimate of drug-likeness (QED) is 0.211. The highest BCUT2D eigenvalue weighted by Crippen LogP contribution is 2.48. The Hall–Kier alpha value is -2.99. The molecule has 43 heavy (non-hydrogen) atoms. The van der Waals surface area contributed by atoms with E-state index in [2.05, 4.69) is 43.9 Å². The van der Waals surface area contributed by atoms with Crippen LogP contribution in [0.15, 0.2) is 48.8 Å². The maximum absolute atomic E-state index is 14.5. The van der Waals surface area contributed by atoms with E-state index in [0.717, 1.165) is 54.1 Å². The number of carbonyl (C=O) groups excluding carboxylic acids is 2. The second kappa shape index (κ2) is 10.6. The molecular formula is C33H34F2IN5O2. The van der Waals surface area contributed by atoms with Gasteiger partial charge in [0.1, 0.15) is 23.0 Å². The highest BCUT2D eigenvalue weighted by molar-refractivity contribution is 14.1. The molecule has 0 bridgehead atoms. The van der Waals surface area contributed by atoms with Crippen molar-refractivity contribution in [3.05, 3.63) is 88.4 Å². The first-order valence-corrected chi connectivity index (χ1v) is 16.5. The van der Waals surface area contributed by atoms with Gasteiger partial charge in [0, 0.05) is 49.2 Å². The van der Waals surface area contributed by atoms with Gasteiger partial charge in [-0.25, -0.2) is 13.8 Å². The number of rotatable bonds is 6. The van der Waals surface area contributed by atoms with Crippen molar-refractivity contribution in [1.29, 1.82) is 0 Å². The lowest BCUT2D eigenvalue weighted by Crippen LogP contribution is -2.71. The van der Waals surface area contributed by atoms with E-state index in [1.165, 1.54) is 12.1 Å². The molecule has 224 valence electrons. The van der Waals surface area contributed by atoms with Crippen molar-refractivity contribution >= 4 is 40.2 Å². The van der Waals surface area contributed by atoms with Crippen molar-refractivity contribution in [2.75, 3.05) is 23.0 Å². The lowest BCUT2D eigenvalue weighted by molar-refractivity contribution is -0.163. The molecule has 2 fully saturated rings. The Kier molecular flexibility index (Phi) is 7.07. The molecule has 2 aliphatic heterocycles. The Morgan fingerprint density at radius 3 is 2.56 bits per heavy atom. The summed E-state index contributed by atoms with van der Waals surface area (Å²) >= 11 is 2.31. The third-order valence-electron chi connectivity index (χ3n) is 10.3. The first-order valence-electron chi connectivity index (χ1n) is 15.0. The normalized spacial score (nSPS) is 25.9. The number of alkyl halides is 1. The number of hydrogen-bond acceptors (Lipinski definition) is 5. The van der Waals surface area contributed by atoms with Gasteiger partial charge >= 0.3 is 0 Å². The summed E-state index contributed by atoms with van der Waals surface area (Å²) in [5.41, 5.74) is 2.37. The van der Waals surface area contributed by atoms with Crippen LogP contribution in [0.4, 0.5) is 14.6 Å². The van der Waals surface area contributed by atoms with E-state index in [4.69, 9.17) is 4.98 Å². The summed E-state index contributed by atoms with van der Waals surface area (Å²) in [6, 6.07) is 9.61. The maximum Gasteiger partial charge on any atom is 0.243 e. The van der Waals surface area contributed by atoms with Crippen LogP contribution >= 0.6 is 22.6 Å². The fourth-order valence-corrected chi connectivity index (χ4v) is 8.96. The van der Waals surface area contributed by atoms with Crippen LogP contribution in [-0.2, 0) is 39.8 Å². The summed E-state index contributed by atoms with van der Waals surface area (Å²) in [5, 5.41) is 2.94. The van der Waals surface area contributed by atoms with E-state index in [1.54, 1.807) is 6.20 Å². The largest absolute Gasteiger partial charge is 0.330 e. The summed E-state index contributed by atoms with van der Waals surface area (Å²) in [6.07, 6.45) is 9.68. The first-order chi connectivity index (χ1) is 20.7. The smallest absolute Gasteiger partial charge is 0.243 e. The van der Waals surface area contributed by atoms with Gasteiger partial charge in [-0.2, -0.15) is 0 Å². The third kappa shape index (κ3) is 4.50. The number of fused-ring (bicyclic) bond motifs is 3. The monoisotopic (exact) mass is 697 g/mol. The number of amides is 2. The van der Waals surface area contributed by atoms with E-state index < -0.39 is 28.1 Å². The molecule has 10 heteroatoms. The van der Waals surface area contributed by atoms with Gasteiger partial charge in [0.15, 0.2) is 0 Å². The van der Waals surface area contributed by atoms with Crippen LogP contribution in [0, 0.1) is 11.6 Å². The zero-order valence-electron chi connectivity index (χ0n) is 24.1. The van der Waals surface area contributed by atoms with Crippen LogP contribution in [0.2, 0.25) is 0 Å². The van der Waals surface area contributed by atoms with E-state index in [-0.39, 0.29) is 11.8 Å². The number of nitrogens with zero attached hydrogens (tertiary/aromatic N) is 4. The minimum absolute atomic E-state index is 0.0289. The van der Waals surface area contributed by atoms with E-state index in [9.17, 15) is 18.4 Å². The Bertz CT molecular complexity index is 1610. The number of hydrogen-bond donors (Lipinski definition) is 1. The topological polar surface area (TPSA) is 78.4 Å². The van der Waals surface area contributed by atoms with Crippen molar-refractivity contribution in [2.24, 2.45) is 0 Å². The lowest BCUT2D eigenvalue weighted by Gasteiger charge is -2.56. The standard InChI is InChI=1S/C33H34F2IN5O2/c1-31(23-13-24(34)15-25(35)14-23)19-40(20-36)33(8-2-3-9-33)30(43)41(31)11-5-6-21-12-22-16-32(17-27(22)38-18-21)26-7-4-10-37-28(26)39-29(32)42/h4,7,10,12-15,18H,2-3,5-6,8-9,11,16-17,19-20H2,1H3,(H,37,39,42)/t31-,32-/m0/s1. The molecule has 1 N–H and O–H groups in total. The highest BCUT2D eigenvalue weighted by atomic mass is 127. The third-order valence-corrected chi connectivity index (χ3v) is 11.1. The summed E-state index contributed by atoms with van der Waals surface area (Å²) in [6.45, 7) is 2.92. The molecule has 2 aliphatic carbocycles. The number of benzene rings is 1. The minimum atomic E-state index is -0.876. The fourth-order valence-electron chi connectivity index (χ4n) is 8.07. The first kappa shape index (κ1) is 28.8. The van der Waals surface area contributed by atoms with Crippen LogP contribution in [0.25, 0.3) is 0 Å². The summed E-state index contributed by atoms with van der Waals surface area (Å²) in [5.74, 6) is -0.606. The van der Waals surface area contributed by atoms with Gasteiger partial charge in [0.05, 0.1) is 15.5 Å². The van der Waals surface area contributed by atoms with Gasteiger partial charge in [-0.05, 0) is 73.9 Å². The van der Waals surface area contributed by atoms with Crippen molar-refractivity contribution in [3.8, 4) is 0 Å². The number of aromatic nitrogens is 2. The summed E-state index contributed by atoms with van der Waals surface area (Å²) in [7, 11) is 0. The molecule has 7 rings (SSSR count). The number of carbonyl (C=O) groups is 2. The molecule has 4 aliphatic rings. The van der Waals surface area contributed by atoms with Gasteiger partial charge in [0.2, 0.25) is 11.8 Å². The molecular weight excluding hydrogens is 663 g/mol. The molecule has 1 aromatic carbocycles. The van der Waals surface area contributed by atoms with Crippen LogP contribution in [-0.4, -0.2) is 54.8 Å². The van der Waals surface area contributed by atoms with E-state index in [0.29, 0.717) is 54.7 Å². The van der Waals surface area contributed by atoms with Crippen LogP contribution in [0.5, 0.6) is 0 Å². The van der Waals surface area contributed by atoms with Gasteiger partial charge < -0.3 is 10.2 Å². The van der Waals surface area contributed by atoms with E-state index in [1.807, 2.05) is 30.2 Å². The number of aryl methyl sites for hydroxylation is 1. The molecule has 2 atom stereocenters. The fraction of sp³-hybridized carbons (Fsp3) is 0.455. The Labute approximate surface area is 263 Å². The molecule has 1 saturated heterocycles. The van der Waals surface area contributed by atoms with Gasteiger partial charge in [0.25, 0.3) is 0 Å². The SMILES string of the molecule is C[C@@]1(c2cc(F)cc(F)c2)CN(CI)C2(CCCC2)C(=O)N1CCCc1cnc2c(c1)C[C@@]1(C2)C(=O)Nc2ncccc21. The summed E-state index contributed by atoms with van der Waals surface area (Å²) in [4.78, 5) is 40.7. The second-order valence-electron chi connectivity index (χ2n) is 12.8. The number of pyridine rings is 2. The molecule has 0 unspecified atom stereocenters. The Morgan fingerprint density at radius 1 is 1.05 bits per heavy atom. The van der Waals surface area contributed by atoms with Crippen molar-refractivity contribution in [3.63, 3.8) is 0 Å². The van der Waals surface area contributed by atoms with E-state index >= 15 is 0 Å². The Morgan fingerprint density at radius 2 is 1.81 bits per heavy atom. The maximum atomic E-state index is 14.5. The lowest BCUT2D eigenvalue weighted by atomic mass is 9.79. The zero-order chi connectivity index (χ0) is 30.0.